The van der Waals surface area contributed by atoms with Crippen LogP contribution in [-0.2, 0) is 24.2 Å². The number of hydrogen-bond acceptors (Lipinski definition) is 5. The van der Waals surface area contributed by atoms with Gasteiger partial charge in [-0.25, -0.2) is 13.2 Å². The highest BCUT2D eigenvalue weighted by Gasteiger charge is 2.27. The van der Waals surface area contributed by atoms with Gasteiger partial charge in [-0.1, -0.05) is 0 Å². The first-order chi connectivity index (χ1) is 9.41. The molecule has 21 heavy (non-hydrogen) atoms. The lowest BCUT2D eigenvalue weighted by molar-refractivity contribution is -0.174. The van der Waals surface area contributed by atoms with Crippen molar-refractivity contribution in [2.75, 3.05) is 25.2 Å². The SMILES string of the molecule is CS(=O)(=O)CCC(NC(=O)CCOCC(F)(F)F)C(=O)O. The maximum absolute atomic E-state index is 11.7. The van der Waals surface area contributed by atoms with E-state index in [2.05, 4.69) is 4.74 Å². The first kappa shape index (κ1) is 19.6. The Labute approximate surface area is 119 Å². The summed E-state index contributed by atoms with van der Waals surface area (Å²) >= 11 is 0. The van der Waals surface area contributed by atoms with Crippen LogP contribution in [-0.4, -0.2) is 62.8 Å². The minimum absolute atomic E-state index is 0.330. The predicted octanol–water partition coefficient (Wildman–Crippen LogP) is -0.0405. The molecule has 0 radical (unpaired) electrons. The molecule has 0 rings (SSSR count). The molecular formula is C10H16F3NO6S. The van der Waals surface area contributed by atoms with Crippen molar-refractivity contribution < 1.29 is 41.0 Å². The van der Waals surface area contributed by atoms with Gasteiger partial charge in [0.15, 0.2) is 0 Å². The maximum atomic E-state index is 11.7. The molecule has 0 aromatic rings. The molecule has 0 aliphatic heterocycles. The lowest BCUT2D eigenvalue weighted by Gasteiger charge is -2.14. The number of amides is 1. The van der Waals surface area contributed by atoms with Crippen LogP contribution in [0.15, 0.2) is 0 Å². The third-order valence-electron chi connectivity index (χ3n) is 2.15. The first-order valence-corrected chi connectivity index (χ1v) is 7.81. The molecule has 0 aromatic carbocycles. The van der Waals surface area contributed by atoms with Gasteiger partial charge in [0.05, 0.1) is 12.4 Å². The van der Waals surface area contributed by atoms with E-state index in [1.54, 1.807) is 0 Å². The van der Waals surface area contributed by atoms with Crippen LogP contribution in [0.1, 0.15) is 12.8 Å². The lowest BCUT2D eigenvalue weighted by atomic mass is 10.2. The van der Waals surface area contributed by atoms with E-state index >= 15 is 0 Å². The zero-order valence-electron chi connectivity index (χ0n) is 11.1. The van der Waals surface area contributed by atoms with E-state index in [9.17, 15) is 31.2 Å². The second-order valence-corrected chi connectivity index (χ2v) is 6.55. The van der Waals surface area contributed by atoms with Gasteiger partial charge in [0, 0.05) is 12.7 Å². The number of sulfone groups is 1. The zero-order valence-corrected chi connectivity index (χ0v) is 12.0. The molecule has 0 aromatic heterocycles. The molecule has 0 heterocycles. The molecule has 0 saturated carbocycles. The molecule has 1 atom stereocenters. The van der Waals surface area contributed by atoms with Crippen molar-refractivity contribution in [2.24, 2.45) is 0 Å². The quantitative estimate of drug-likeness (QED) is 0.572. The highest BCUT2D eigenvalue weighted by atomic mass is 32.2. The average Bonchev–Trinajstić information content (AvgIpc) is 2.27. The van der Waals surface area contributed by atoms with E-state index < -0.39 is 59.3 Å². The van der Waals surface area contributed by atoms with Gasteiger partial charge in [-0.05, 0) is 6.42 Å². The largest absolute Gasteiger partial charge is 0.480 e. The van der Waals surface area contributed by atoms with Crippen LogP contribution in [0.25, 0.3) is 0 Å². The van der Waals surface area contributed by atoms with Crippen LogP contribution in [0.4, 0.5) is 13.2 Å². The number of carbonyl (C=O) groups is 2. The minimum Gasteiger partial charge on any atom is -0.480 e. The third-order valence-corrected chi connectivity index (χ3v) is 3.13. The monoisotopic (exact) mass is 335 g/mol. The molecule has 1 unspecified atom stereocenters. The number of hydrogen-bond donors (Lipinski definition) is 2. The summed E-state index contributed by atoms with van der Waals surface area (Å²) in [5.74, 6) is -2.70. The Bertz CT molecular complexity index is 462. The number of aliphatic carboxylic acids is 1. The second-order valence-electron chi connectivity index (χ2n) is 4.29. The Morgan fingerprint density at radius 1 is 1.33 bits per heavy atom. The van der Waals surface area contributed by atoms with E-state index in [-0.39, 0.29) is 6.42 Å². The van der Waals surface area contributed by atoms with Crippen molar-refractivity contribution >= 4 is 21.7 Å². The van der Waals surface area contributed by atoms with Crippen LogP contribution < -0.4 is 5.32 Å². The Morgan fingerprint density at radius 2 is 1.90 bits per heavy atom. The standard InChI is InChI=1S/C10H16F3NO6S/c1-21(18,19)5-3-7(9(16)17)14-8(15)2-4-20-6-10(11,12)13/h7H,2-6H2,1H3,(H,14,15)(H,16,17). The highest BCUT2D eigenvalue weighted by Crippen LogP contribution is 2.14. The molecule has 0 aliphatic carbocycles. The molecule has 0 saturated heterocycles. The number of alkyl halides is 3. The second kappa shape index (κ2) is 8.17. The number of carbonyl (C=O) groups excluding carboxylic acids is 1. The average molecular weight is 335 g/mol. The number of carboxylic acids is 1. The Hall–Kier alpha value is -1.36. The molecule has 0 bridgehead atoms. The molecule has 1 amide bonds. The van der Waals surface area contributed by atoms with Gasteiger partial charge in [-0.2, -0.15) is 13.2 Å². The number of halogens is 3. The molecule has 0 fully saturated rings. The minimum atomic E-state index is -4.50. The summed E-state index contributed by atoms with van der Waals surface area (Å²) in [5.41, 5.74) is 0. The van der Waals surface area contributed by atoms with Gasteiger partial charge in [-0.3, -0.25) is 4.79 Å². The number of nitrogens with one attached hydrogen (secondary N) is 1. The van der Waals surface area contributed by atoms with Gasteiger partial charge in [0.25, 0.3) is 0 Å². The lowest BCUT2D eigenvalue weighted by Crippen LogP contribution is -2.42. The smallest absolute Gasteiger partial charge is 0.411 e. The summed E-state index contributed by atoms with van der Waals surface area (Å²) in [6.07, 6.45) is -4.38. The predicted molar refractivity (Wildman–Crippen MR) is 65.4 cm³/mol. The molecule has 0 aliphatic rings. The van der Waals surface area contributed by atoms with Crippen LogP contribution in [0.3, 0.4) is 0 Å². The summed E-state index contributed by atoms with van der Waals surface area (Å²) in [6.45, 7) is -2.03. The van der Waals surface area contributed by atoms with Crippen molar-refractivity contribution in [3.05, 3.63) is 0 Å². The normalized spacial score (nSPS) is 13.7. The van der Waals surface area contributed by atoms with Crippen LogP contribution in [0.2, 0.25) is 0 Å². The fourth-order valence-corrected chi connectivity index (χ4v) is 1.87. The van der Waals surface area contributed by atoms with Crippen LogP contribution >= 0.6 is 0 Å². The van der Waals surface area contributed by atoms with Crippen molar-refractivity contribution in [2.45, 2.75) is 25.1 Å². The van der Waals surface area contributed by atoms with Gasteiger partial charge in [0.1, 0.15) is 22.5 Å². The van der Waals surface area contributed by atoms with Gasteiger partial charge in [-0.15, -0.1) is 0 Å². The van der Waals surface area contributed by atoms with E-state index in [1.807, 2.05) is 5.32 Å². The Morgan fingerprint density at radius 3 is 2.33 bits per heavy atom. The summed E-state index contributed by atoms with van der Waals surface area (Å²) in [6, 6.07) is -1.42. The van der Waals surface area contributed by atoms with Crippen LogP contribution in [0.5, 0.6) is 0 Å². The molecular weight excluding hydrogens is 319 g/mol. The highest BCUT2D eigenvalue weighted by molar-refractivity contribution is 7.90. The van der Waals surface area contributed by atoms with Crippen molar-refractivity contribution in [3.8, 4) is 0 Å². The fourth-order valence-electron chi connectivity index (χ4n) is 1.21. The molecule has 7 nitrogen and oxygen atoms in total. The summed E-state index contributed by atoms with van der Waals surface area (Å²) in [7, 11) is -3.39. The van der Waals surface area contributed by atoms with Crippen molar-refractivity contribution in [3.63, 3.8) is 0 Å². The number of rotatable bonds is 9. The fraction of sp³-hybridized carbons (Fsp3) is 0.800. The number of ether oxygens (including phenoxy) is 1. The van der Waals surface area contributed by atoms with E-state index in [1.165, 1.54) is 0 Å². The first-order valence-electron chi connectivity index (χ1n) is 5.75. The summed E-state index contributed by atoms with van der Waals surface area (Å²) in [5, 5.41) is 10.8. The van der Waals surface area contributed by atoms with Gasteiger partial charge < -0.3 is 15.2 Å². The molecule has 124 valence electrons. The maximum Gasteiger partial charge on any atom is 0.411 e. The van der Waals surface area contributed by atoms with Crippen LogP contribution in [0, 0.1) is 0 Å². The van der Waals surface area contributed by atoms with E-state index in [0.29, 0.717) is 0 Å². The summed E-state index contributed by atoms with van der Waals surface area (Å²) < 4.78 is 61.3. The van der Waals surface area contributed by atoms with Gasteiger partial charge in [0.2, 0.25) is 5.91 Å². The molecule has 2 N–H and O–H groups in total. The molecule has 0 spiro atoms. The molecule has 11 heteroatoms. The van der Waals surface area contributed by atoms with E-state index in [4.69, 9.17) is 5.11 Å². The van der Waals surface area contributed by atoms with Crippen molar-refractivity contribution in [1.29, 1.82) is 0 Å². The van der Waals surface area contributed by atoms with Gasteiger partial charge >= 0.3 is 12.1 Å². The summed E-state index contributed by atoms with van der Waals surface area (Å²) in [4.78, 5) is 22.1. The zero-order chi connectivity index (χ0) is 16.7. The third kappa shape index (κ3) is 12.1. The Kier molecular flexibility index (Phi) is 7.64. The Balaban J connectivity index is 4.15. The van der Waals surface area contributed by atoms with E-state index in [0.717, 1.165) is 6.26 Å². The number of carboxylic acid groups (broad SMARTS) is 1. The van der Waals surface area contributed by atoms with Crippen molar-refractivity contribution in [1.82, 2.24) is 5.32 Å². The topological polar surface area (TPSA) is 110 Å².